The van der Waals surface area contributed by atoms with Crippen LogP contribution in [0, 0.1) is 17.0 Å². The molecule has 0 aliphatic carbocycles. The van der Waals surface area contributed by atoms with Gasteiger partial charge in [0.25, 0.3) is 17.5 Å². The molecule has 120 valence electrons. The summed E-state index contributed by atoms with van der Waals surface area (Å²) in [6.07, 6.45) is 0. The normalized spacial score (nSPS) is 13.1. The van der Waals surface area contributed by atoms with Crippen molar-refractivity contribution in [3.63, 3.8) is 0 Å². The molecule has 3 rings (SSSR count). The van der Waals surface area contributed by atoms with Gasteiger partial charge in [-0.1, -0.05) is 12.1 Å². The van der Waals surface area contributed by atoms with E-state index in [1.165, 1.54) is 19.1 Å². The fourth-order valence-corrected chi connectivity index (χ4v) is 2.72. The van der Waals surface area contributed by atoms with Crippen LogP contribution in [-0.4, -0.2) is 27.8 Å². The maximum atomic E-state index is 12.5. The summed E-state index contributed by atoms with van der Waals surface area (Å²) in [5.74, 6) is -2.78. The molecule has 0 radical (unpaired) electrons. The minimum Gasteiger partial charge on any atom is -0.478 e. The number of hydrogen-bond acceptors (Lipinski definition) is 5. The Kier molecular flexibility index (Phi) is 3.37. The highest BCUT2D eigenvalue weighted by Gasteiger charge is 2.39. The van der Waals surface area contributed by atoms with Crippen molar-refractivity contribution in [1.82, 2.24) is 0 Å². The number of non-ortho nitro benzene ring substituents is 1. The third kappa shape index (κ3) is 2.12. The zero-order valence-corrected chi connectivity index (χ0v) is 12.3. The van der Waals surface area contributed by atoms with Crippen LogP contribution in [0.2, 0.25) is 0 Å². The zero-order valence-electron chi connectivity index (χ0n) is 12.3. The highest BCUT2D eigenvalue weighted by Crippen LogP contribution is 2.35. The summed E-state index contributed by atoms with van der Waals surface area (Å²) in [4.78, 5) is 47.5. The van der Waals surface area contributed by atoms with Crippen LogP contribution in [0.5, 0.6) is 0 Å². The molecule has 0 bridgehead atoms. The molecule has 2 amide bonds. The first kappa shape index (κ1) is 15.3. The highest BCUT2D eigenvalue weighted by atomic mass is 16.6. The van der Waals surface area contributed by atoms with Crippen LogP contribution in [0.25, 0.3) is 0 Å². The van der Waals surface area contributed by atoms with Crippen LogP contribution in [0.3, 0.4) is 0 Å². The number of imide groups is 1. The summed E-state index contributed by atoms with van der Waals surface area (Å²) in [5, 5.41) is 20.3. The maximum Gasteiger partial charge on any atom is 0.338 e. The Bertz CT molecular complexity index is 899. The molecule has 0 saturated heterocycles. The first-order valence-corrected chi connectivity index (χ1v) is 6.83. The molecule has 0 spiro atoms. The number of aromatic carboxylic acids is 1. The lowest BCUT2D eigenvalue weighted by atomic mass is 10.1. The molecule has 1 aliphatic rings. The fourth-order valence-electron chi connectivity index (χ4n) is 2.72. The number of carbonyl (C=O) groups is 3. The number of rotatable bonds is 3. The van der Waals surface area contributed by atoms with Gasteiger partial charge < -0.3 is 5.11 Å². The van der Waals surface area contributed by atoms with Gasteiger partial charge in [-0.25, -0.2) is 9.69 Å². The predicted octanol–water partition coefficient (Wildman–Crippen LogP) is 2.40. The third-order valence-corrected chi connectivity index (χ3v) is 3.74. The number of nitrogens with zero attached hydrogens (tertiary/aromatic N) is 2. The number of carboxylic acid groups (broad SMARTS) is 1. The summed E-state index contributed by atoms with van der Waals surface area (Å²) in [7, 11) is 0. The topological polar surface area (TPSA) is 118 Å². The van der Waals surface area contributed by atoms with Crippen molar-refractivity contribution in [1.29, 1.82) is 0 Å². The summed E-state index contributed by atoms with van der Waals surface area (Å²) in [6.45, 7) is 1.41. The van der Waals surface area contributed by atoms with Crippen molar-refractivity contribution in [2.45, 2.75) is 6.92 Å². The first-order chi connectivity index (χ1) is 11.3. The monoisotopic (exact) mass is 326 g/mol. The van der Waals surface area contributed by atoms with Gasteiger partial charge in [-0.15, -0.1) is 0 Å². The van der Waals surface area contributed by atoms with E-state index in [0.717, 1.165) is 17.0 Å². The van der Waals surface area contributed by atoms with Crippen LogP contribution in [0.4, 0.5) is 11.4 Å². The number of anilines is 1. The summed E-state index contributed by atoms with van der Waals surface area (Å²) >= 11 is 0. The molecule has 24 heavy (non-hydrogen) atoms. The Morgan fingerprint density at radius 2 is 1.67 bits per heavy atom. The molecule has 1 heterocycles. The summed E-state index contributed by atoms with van der Waals surface area (Å²) in [5.41, 5.74) is -0.579. The van der Waals surface area contributed by atoms with E-state index >= 15 is 0 Å². The number of amides is 2. The Morgan fingerprint density at radius 1 is 1.12 bits per heavy atom. The lowest BCUT2D eigenvalue weighted by Gasteiger charge is -2.19. The van der Waals surface area contributed by atoms with Crippen molar-refractivity contribution < 1.29 is 24.4 Å². The van der Waals surface area contributed by atoms with Crippen LogP contribution in [-0.2, 0) is 0 Å². The number of aryl methyl sites for hydroxylation is 1. The third-order valence-electron chi connectivity index (χ3n) is 3.74. The van der Waals surface area contributed by atoms with E-state index < -0.39 is 34.0 Å². The molecule has 1 N–H and O–H groups in total. The molecule has 0 aromatic heterocycles. The standard InChI is InChI=1S/C16H10N2O6/c1-8-6-9(18(23)24)7-12(16(21)22)13(8)17-14(19)10-4-2-3-5-11(10)15(17)20/h2-7H,1H3,(H,21,22). The molecule has 8 heteroatoms. The van der Waals surface area contributed by atoms with Gasteiger partial charge in [-0.2, -0.15) is 0 Å². The Labute approximate surface area is 135 Å². The number of carboxylic acids is 1. The van der Waals surface area contributed by atoms with Gasteiger partial charge >= 0.3 is 5.97 Å². The molecule has 0 saturated carbocycles. The molecular formula is C16H10N2O6. The van der Waals surface area contributed by atoms with Gasteiger partial charge in [0.05, 0.1) is 27.3 Å². The van der Waals surface area contributed by atoms with Crippen molar-refractivity contribution in [2.75, 3.05) is 4.90 Å². The van der Waals surface area contributed by atoms with Crippen LogP contribution < -0.4 is 4.90 Å². The van der Waals surface area contributed by atoms with Gasteiger partial charge in [-0.3, -0.25) is 19.7 Å². The Hall–Kier alpha value is -3.55. The maximum absolute atomic E-state index is 12.5. The zero-order chi connectivity index (χ0) is 17.6. The van der Waals surface area contributed by atoms with Crippen molar-refractivity contribution in [3.8, 4) is 0 Å². The summed E-state index contributed by atoms with van der Waals surface area (Å²) in [6, 6.07) is 8.09. The number of hydrogen-bond donors (Lipinski definition) is 1. The van der Waals surface area contributed by atoms with E-state index in [1.807, 2.05) is 0 Å². The average Bonchev–Trinajstić information content (AvgIpc) is 2.78. The number of nitro benzene ring substituents is 1. The van der Waals surface area contributed by atoms with Gasteiger partial charge in [-0.05, 0) is 24.6 Å². The predicted molar refractivity (Wildman–Crippen MR) is 82.4 cm³/mol. The van der Waals surface area contributed by atoms with Crippen LogP contribution >= 0.6 is 0 Å². The van der Waals surface area contributed by atoms with Crippen molar-refractivity contribution in [3.05, 3.63) is 68.8 Å². The number of carbonyl (C=O) groups excluding carboxylic acids is 2. The number of benzene rings is 2. The lowest BCUT2D eigenvalue weighted by Crippen LogP contribution is -2.31. The number of nitro groups is 1. The first-order valence-electron chi connectivity index (χ1n) is 6.83. The molecule has 2 aromatic rings. The Balaban J connectivity index is 2.24. The van der Waals surface area contributed by atoms with Crippen molar-refractivity contribution in [2.24, 2.45) is 0 Å². The molecule has 1 aliphatic heterocycles. The second-order valence-electron chi connectivity index (χ2n) is 5.21. The number of fused-ring (bicyclic) bond motifs is 1. The van der Waals surface area contributed by atoms with E-state index in [-0.39, 0.29) is 22.4 Å². The van der Waals surface area contributed by atoms with Gasteiger partial charge in [0, 0.05) is 12.1 Å². The fraction of sp³-hybridized carbons (Fsp3) is 0.0625. The van der Waals surface area contributed by atoms with Gasteiger partial charge in [0.1, 0.15) is 0 Å². The Morgan fingerprint density at radius 3 is 2.12 bits per heavy atom. The van der Waals surface area contributed by atoms with Gasteiger partial charge in [0.15, 0.2) is 0 Å². The molecule has 0 fully saturated rings. The van der Waals surface area contributed by atoms with E-state index in [4.69, 9.17) is 0 Å². The average molecular weight is 326 g/mol. The van der Waals surface area contributed by atoms with Gasteiger partial charge in [0.2, 0.25) is 0 Å². The smallest absolute Gasteiger partial charge is 0.338 e. The van der Waals surface area contributed by atoms with Crippen molar-refractivity contribution >= 4 is 29.2 Å². The largest absolute Gasteiger partial charge is 0.478 e. The quantitative estimate of drug-likeness (QED) is 0.525. The molecule has 8 nitrogen and oxygen atoms in total. The van der Waals surface area contributed by atoms with Crippen LogP contribution in [0.15, 0.2) is 36.4 Å². The molecule has 0 atom stereocenters. The van der Waals surface area contributed by atoms with Crippen LogP contribution in [0.1, 0.15) is 36.6 Å². The van der Waals surface area contributed by atoms with E-state index in [1.54, 1.807) is 12.1 Å². The second-order valence-corrected chi connectivity index (χ2v) is 5.21. The lowest BCUT2D eigenvalue weighted by molar-refractivity contribution is -0.384. The summed E-state index contributed by atoms with van der Waals surface area (Å²) < 4.78 is 0. The van der Waals surface area contributed by atoms with E-state index in [9.17, 15) is 29.6 Å². The minimum atomic E-state index is -1.46. The molecule has 0 unspecified atom stereocenters. The second kappa shape index (κ2) is 5.27. The molecule has 2 aromatic carbocycles. The molecular weight excluding hydrogens is 316 g/mol. The van der Waals surface area contributed by atoms with E-state index in [0.29, 0.717) is 0 Å². The minimum absolute atomic E-state index is 0.149. The van der Waals surface area contributed by atoms with E-state index in [2.05, 4.69) is 0 Å². The SMILES string of the molecule is Cc1cc([N+](=O)[O-])cc(C(=O)O)c1N1C(=O)c2ccccc2C1=O. The highest BCUT2D eigenvalue weighted by molar-refractivity contribution is 6.35.